The van der Waals surface area contributed by atoms with Crippen molar-refractivity contribution in [1.82, 2.24) is 15.2 Å². The predicted octanol–water partition coefficient (Wildman–Crippen LogP) is 4.43. The van der Waals surface area contributed by atoms with Gasteiger partial charge in [0.1, 0.15) is 12.4 Å². The lowest BCUT2D eigenvalue weighted by Crippen LogP contribution is -2.38. The Kier molecular flexibility index (Phi) is 6.92. The first-order chi connectivity index (χ1) is 14.3. The fraction of sp³-hybridized carbons (Fsp3) is 0.364. The lowest BCUT2D eigenvalue weighted by molar-refractivity contribution is 0.0935. The van der Waals surface area contributed by atoms with Gasteiger partial charge in [0.05, 0.1) is 11.2 Å². The van der Waals surface area contributed by atoms with Crippen LogP contribution in [0.2, 0.25) is 0 Å². The Morgan fingerprint density at radius 3 is 2.90 bits per heavy atom. The lowest BCUT2D eigenvalue weighted by Gasteiger charge is -2.31. The number of amides is 1. The van der Waals surface area contributed by atoms with Crippen molar-refractivity contribution in [3.8, 4) is 5.75 Å². The second kappa shape index (κ2) is 10.0. The highest BCUT2D eigenvalue weighted by molar-refractivity contribution is 7.09. The fourth-order valence-electron chi connectivity index (χ4n) is 3.50. The summed E-state index contributed by atoms with van der Waals surface area (Å²) in [4.78, 5) is 20.7. The van der Waals surface area contributed by atoms with E-state index in [-0.39, 0.29) is 5.91 Å². The van der Waals surface area contributed by atoms with E-state index in [9.17, 15) is 4.79 Å². The van der Waals surface area contributed by atoms with E-state index < -0.39 is 0 Å². The van der Waals surface area contributed by atoms with E-state index in [2.05, 4.69) is 32.7 Å². The SMILES string of the molecule is O=C(NCC1CCN(Cc2cccs2)CC1)c1cccc(OCc2cscn2)c1. The number of ether oxygens (including phenoxy) is 1. The van der Waals surface area contributed by atoms with Gasteiger partial charge in [-0.15, -0.1) is 22.7 Å². The Labute approximate surface area is 179 Å². The molecule has 29 heavy (non-hydrogen) atoms. The Morgan fingerprint density at radius 1 is 1.24 bits per heavy atom. The van der Waals surface area contributed by atoms with Crippen LogP contribution in [0.4, 0.5) is 0 Å². The molecule has 1 aromatic carbocycles. The number of benzene rings is 1. The molecular weight excluding hydrogens is 402 g/mol. The molecule has 0 aliphatic carbocycles. The predicted molar refractivity (Wildman–Crippen MR) is 118 cm³/mol. The molecular formula is C22H25N3O2S2. The molecule has 0 atom stereocenters. The molecule has 152 valence electrons. The third-order valence-electron chi connectivity index (χ3n) is 5.18. The van der Waals surface area contributed by atoms with E-state index in [1.54, 1.807) is 22.9 Å². The molecule has 3 aromatic rings. The van der Waals surface area contributed by atoms with Crippen molar-refractivity contribution in [3.05, 3.63) is 68.8 Å². The number of aromatic nitrogens is 1. The molecule has 1 saturated heterocycles. The Balaban J connectivity index is 1.21. The standard InChI is InChI=1S/C22H25N3O2S2/c26-22(18-3-1-4-20(11-18)27-14-19-15-28-16-24-19)23-12-17-6-8-25(9-7-17)13-21-5-2-10-29-21/h1-5,10-11,15-17H,6-9,12-14H2,(H,23,26). The van der Waals surface area contributed by atoms with Crippen LogP contribution >= 0.6 is 22.7 Å². The first-order valence-electron chi connectivity index (χ1n) is 9.89. The van der Waals surface area contributed by atoms with Gasteiger partial charge < -0.3 is 10.1 Å². The summed E-state index contributed by atoms with van der Waals surface area (Å²) in [5.41, 5.74) is 3.32. The Bertz CT molecular complexity index is 889. The lowest BCUT2D eigenvalue weighted by atomic mass is 9.96. The van der Waals surface area contributed by atoms with E-state index in [0.717, 1.165) is 44.7 Å². The van der Waals surface area contributed by atoms with E-state index in [1.807, 2.05) is 34.9 Å². The number of carbonyl (C=O) groups excluding carboxylic acids is 1. The van der Waals surface area contributed by atoms with Crippen LogP contribution in [0.5, 0.6) is 5.75 Å². The summed E-state index contributed by atoms with van der Waals surface area (Å²) < 4.78 is 5.75. The van der Waals surface area contributed by atoms with Crippen LogP contribution in [0.25, 0.3) is 0 Å². The van der Waals surface area contributed by atoms with Gasteiger partial charge in [-0.05, 0) is 61.5 Å². The molecule has 4 rings (SSSR count). The van der Waals surface area contributed by atoms with Gasteiger partial charge in [0.25, 0.3) is 5.91 Å². The summed E-state index contributed by atoms with van der Waals surface area (Å²) in [6.45, 7) is 4.38. The van der Waals surface area contributed by atoms with E-state index in [0.29, 0.717) is 23.8 Å². The number of thiophene rings is 1. The highest BCUT2D eigenvalue weighted by atomic mass is 32.1. The third kappa shape index (κ3) is 5.88. The minimum Gasteiger partial charge on any atom is -0.487 e. The summed E-state index contributed by atoms with van der Waals surface area (Å²) in [5.74, 6) is 1.19. The topological polar surface area (TPSA) is 54.5 Å². The van der Waals surface area contributed by atoms with Crippen molar-refractivity contribution in [2.45, 2.75) is 26.0 Å². The molecule has 1 amide bonds. The zero-order valence-electron chi connectivity index (χ0n) is 16.3. The molecule has 1 fully saturated rings. The van der Waals surface area contributed by atoms with E-state index >= 15 is 0 Å². The van der Waals surface area contributed by atoms with Crippen molar-refractivity contribution in [2.24, 2.45) is 5.92 Å². The zero-order valence-corrected chi connectivity index (χ0v) is 17.9. The van der Waals surface area contributed by atoms with Crippen LogP contribution < -0.4 is 10.1 Å². The molecule has 7 heteroatoms. The first-order valence-corrected chi connectivity index (χ1v) is 11.7. The number of likely N-dealkylation sites (tertiary alicyclic amines) is 1. The molecule has 1 N–H and O–H groups in total. The molecule has 0 radical (unpaired) electrons. The molecule has 0 saturated carbocycles. The monoisotopic (exact) mass is 427 g/mol. The summed E-state index contributed by atoms with van der Waals surface area (Å²) >= 11 is 3.37. The van der Waals surface area contributed by atoms with Crippen molar-refractivity contribution in [2.75, 3.05) is 19.6 Å². The molecule has 3 heterocycles. The molecule has 0 bridgehead atoms. The number of thiazole rings is 1. The summed E-state index contributed by atoms with van der Waals surface area (Å²) in [7, 11) is 0. The molecule has 5 nitrogen and oxygen atoms in total. The number of rotatable bonds is 8. The molecule has 0 unspecified atom stereocenters. The van der Waals surface area contributed by atoms with Gasteiger partial charge in [0.15, 0.2) is 0 Å². The maximum Gasteiger partial charge on any atom is 0.251 e. The second-order valence-corrected chi connectivity index (χ2v) is 9.06. The number of nitrogens with one attached hydrogen (secondary N) is 1. The third-order valence-corrected chi connectivity index (χ3v) is 6.68. The van der Waals surface area contributed by atoms with Gasteiger partial charge in [-0.3, -0.25) is 9.69 Å². The van der Waals surface area contributed by atoms with Crippen LogP contribution in [0.1, 0.15) is 33.8 Å². The zero-order chi connectivity index (χ0) is 19.9. The van der Waals surface area contributed by atoms with Gasteiger partial charge in [0.2, 0.25) is 0 Å². The maximum atomic E-state index is 12.6. The van der Waals surface area contributed by atoms with Gasteiger partial charge in [-0.25, -0.2) is 4.98 Å². The van der Waals surface area contributed by atoms with Gasteiger partial charge in [0, 0.05) is 28.9 Å². The first kappa shape index (κ1) is 20.1. The number of hydrogen-bond donors (Lipinski definition) is 1. The molecule has 1 aliphatic heterocycles. The number of piperidine rings is 1. The molecule has 2 aromatic heterocycles. The second-order valence-electron chi connectivity index (χ2n) is 7.31. The minimum atomic E-state index is -0.0369. The average Bonchev–Trinajstić information content (AvgIpc) is 3.46. The number of carbonyl (C=O) groups is 1. The smallest absolute Gasteiger partial charge is 0.251 e. The normalized spacial score (nSPS) is 15.3. The van der Waals surface area contributed by atoms with Gasteiger partial charge in [-0.1, -0.05) is 12.1 Å². The van der Waals surface area contributed by atoms with Gasteiger partial charge in [-0.2, -0.15) is 0 Å². The van der Waals surface area contributed by atoms with Crippen LogP contribution in [-0.2, 0) is 13.2 Å². The maximum absolute atomic E-state index is 12.6. The molecule has 1 aliphatic rings. The largest absolute Gasteiger partial charge is 0.487 e. The summed E-state index contributed by atoms with van der Waals surface area (Å²) in [6, 6.07) is 11.7. The minimum absolute atomic E-state index is 0.0369. The van der Waals surface area contributed by atoms with Crippen molar-refractivity contribution in [3.63, 3.8) is 0 Å². The summed E-state index contributed by atoms with van der Waals surface area (Å²) in [6.07, 6.45) is 2.25. The highest BCUT2D eigenvalue weighted by Crippen LogP contribution is 2.21. The molecule has 0 spiro atoms. The van der Waals surface area contributed by atoms with Crippen LogP contribution in [0, 0.1) is 5.92 Å². The van der Waals surface area contributed by atoms with Crippen molar-refractivity contribution < 1.29 is 9.53 Å². The Hall–Kier alpha value is -2.22. The van der Waals surface area contributed by atoms with E-state index in [1.165, 1.54) is 4.88 Å². The van der Waals surface area contributed by atoms with Crippen molar-refractivity contribution in [1.29, 1.82) is 0 Å². The van der Waals surface area contributed by atoms with Crippen molar-refractivity contribution >= 4 is 28.6 Å². The summed E-state index contributed by atoms with van der Waals surface area (Å²) in [5, 5.41) is 7.20. The number of hydrogen-bond acceptors (Lipinski definition) is 6. The van der Waals surface area contributed by atoms with Crippen LogP contribution in [0.3, 0.4) is 0 Å². The fourth-order valence-corrected chi connectivity index (χ4v) is 4.79. The quantitative estimate of drug-likeness (QED) is 0.578. The van der Waals surface area contributed by atoms with Crippen LogP contribution in [-0.4, -0.2) is 35.4 Å². The highest BCUT2D eigenvalue weighted by Gasteiger charge is 2.20. The van der Waals surface area contributed by atoms with E-state index in [4.69, 9.17) is 4.74 Å². The average molecular weight is 428 g/mol. The number of nitrogens with zero attached hydrogens (tertiary/aromatic N) is 2. The van der Waals surface area contributed by atoms with Gasteiger partial charge >= 0.3 is 0 Å². The Morgan fingerprint density at radius 2 is 2.14 bits per heavy atom. The van der Waals surface area contributed by atoms with Crippen LogP contribution in [0.15, 0.2) is 52.7 Å².